The largest absolute Gasteiger partial charge is 0.494 e. The van der Waals surface area contributed by atoms with Crippen molar-refractivity contribution in [2.45, 2.75) is 40.7 Å². The molecular weight excluding hydrogens is 524 g/mol. The van der Waals surface area contributed by atoms with E-state index in [2.05, 4.69) is 0 Å². The first kappa shape index (κ1) is 27.4. The highest BCUT2D eigenvalue weighted by Crippen LogP contribution is 2.33. The van der Waals surface area contributed by atoms with Crippen LogP contribution in [0.4, 0.5) is 0 Å². The maximum absolute atomic E-state index is 14.1. The molecule has 0 spiro atoms. The third-order valence-corrected chi connectivity index (χ3v) is 7.77. The molecule has 3 aromatic carbocycles. The van der Waals surface area contributed by atoms with Gasteiger partial charge in [-0.2, -0.15) is 0 Å². The number of benzene rings is 3. The summed E-state index contributed by atoms with van der Waals surface area (Å²) in [6, 6.07) is 17.0. The number of esters is 1. The molecule has 4 aromatic rings. The van der Waals surface area contributed by atoms with Gasteiger partial charge in [0.05, 0.1) is 41.7 Å². The van der Waals surface area contributed by atoms with Crippen molar-refractivity contribution in [2.75, 3.05) is 19.8 Å². The van der Waals surface area contributed by atoms with E-state index < -0.39 is 12.0 Å². The summed E-state index contributed by atoms with van der Waals surface area (Å²) >= 11 is 1.29. The van der Waals surface area contributed by atoms with E-state index in [1.54, 1.807) is 18.4 Å². The maximum atomic E-state index is 14.1. The van der Waals surface area contributed by atoms with Gasteiger partial charge in [0.15, 0.2) is 4.80 Å². The van der Waals surface area contributed by atoms with Crippen LogP contribution in [0.1, 0.15) is 50.4 Å². The van der Waals surface area contributed by atoms with Crippen molar-refractivity contribution in [3.8, 4) is 11.5 Å². The van der Waals surface area contributed by atoms with E-state index in [9.17, 15) is 9.59 Å². The van der Waals surface area contributed by atoms with Crippen LogP contribution in [-0.4, -0.2) is 30.4 Å². The van der Waals surface area contributed by atoms with Gasteiger partial charge < -0.3 is 14.2 Å². The molecule has 0 radical (unpaired) electrons. The van der Waals surface area contributed by atoms with E-state index in [1.807, 2.05) is 81.4 Å². The molecule has 1 atom stereocenters. The topological polar surface area (TPSA) is 79.1 Å². The first-order valence-electron chi connectivity index (χ1n) is 13.4. The lowest BCUT2D eigenvalue weighted by molar-refractivity contribution is -0.139. The van der Waals surface area contributed by atoms with Crippen LogP contribution in [0.25, 0.3) is 16.8 Å². The van der Waals surface area contributed by atoms with Gasteiger partial charge in [-0.15, -0.1) is 0 Å². The first-order valence-corrected chi connectivity index (χ1v) is 14.3. The Morgan fingerprint density at radius 2 is 1.70 bits per heavy atom. The van der Waals surface area contributed by atoms with Gasteiger partial charge in [-0.25, -0.2) is 9.79 Å². The minimum absolute atomic E-state index is 0.228. The average Bonchev–Trinajstić information content (AvgIpc) is 3.24. The van der Waals surface area contributed by atoms with Crippen molar-refractivity contribution in [3.63, 3.8) is 0 Å². The van der Waals surface area contributed by atoms with Gasteiger partial charge in [0, 0.05) is 5.56 Å². The van der Waals surface area contributed by atoms with Crippen molar-refractivity contribution in [1.82, 2.24) is 4.57 Å². The Kier molecular flexibility index (Phi) is 7.89. The number of hydrogen-bond donors (Lipinski definition) is 0. The summed E-state index contributed by atoms with van der Waals surface area (Å²) in [6.07, 6.45) is 1.86. The number of carbonyl (C=O) groups is 1. The number of thiazole rings is 1. The second-order valence-electron chi connectivity index (χ2n) is 9.44. The van der Waals surface area contributed by atoms with Crippen molar-refractivity contribution < 1.29 is 19.0 Å². The smallest absolute Gasteiger partial charge is 0.338 e. The minimum Gasteiger partial charge on any atom is -0.494 e. The van der Waals surface area contributed by atoms with Gasteiger partial charge in [-0.05, 0) is 75.2 Å². The molecule has 40 heavy (non-hydrogen) atoms. The van der Waals surface area contributed by atoms with Crippen molar-refractivity contribution >= 4 is 34.2 Å². The molecule has 2 heterocycles. The fraction of sp³-hybridized carbons (Fsp3) is 0.281. The van der Waals surface area contributed by atoms with E-state index in [0.29, 0.717) is 39.6 Å². The minimum atomic E-state index is -0.651. The molecular formula is C32H32N2O5S. The quantitative estimate of drug-likeness (QED) is 0.284. The van der Waals surface area contributed by atoms with Gasteiger partial charge in [0.25, 0.3) is 5.56 Å². The van der Waals surface area contributed by atoms with E-state index in [1.165, 1.54) is 11.3 Å². The van der Waals surface area contributed by atoms with Crippen LogP contribution in [0.3, 0.4) is 0 Å². The summed E-state index contributed by atoms with van der Waals surface area (Å²) < 4.78 is 19.2. The molecule has 8 heteroatoms. The third kappa shape index (κ3) is 5.07. The fourth-order valence-electron chi connectivity index (χ4n) is 4.98. The molecule has 0 unspecified atom stereocenters. The summed E-state index contributed by atoms with van der Waals surface area (Å²) in [5.41, 5.74) is 3.37. The van der Waals surface area contributed by atoms with Crippen molar-refractivity contribution in [2.24, 2.45) is 4.99 Å². The molecule has 0 fully saturated rings. The van der Waals surface area contributed by atoms with Gasteiger partial charge in [0.2, 0.25) is 0 Å². The number of rotatable bonds is 8. The Hall–Kier alpha value is -4.17. The average molecular weight is 557 g/mol. The third-order valence-electron chi connectivity index (χ3n) is 6.79. The number of carbonyl (C=O) groups excluding carboxylic acids is 1. The zero-order chi connectivity index (χ0) is 28.4. The molecule has 5 rings (SSSR count). The molecule has 7 nitrogen and oxygen atoms in total. The number of fused-ring (bicyclic) bond motifs is 2. The number of ether oxygens (including phenoxy) is 3. The van der Waals surface area contributed by atoms with Gasteiger partial charge in [-0.3, -0.25) is 9.36 Å². The Morgan fingerprint density at radius 3 is 2.40 bits per heavy atom. The summed E-state index contributed by atoms with van der Waals surface area (Å²) in [5.74, 6) is 0.946. The van der Waals surface area contributed by atoms with Crippen molar-refractivity contribution in [3.05, 3.63) is 102 Å². The van der Waals surface area contributed by atoms with Crippen LogP contribution in [-0.2, 0) is 9.53 Å². The number of allylic oxidation sites excluding steroid dienone is 1. The Labute approximate surface area is 236 Å². The van der Waals surface area contributed by atoms with Crippen molar-refractivity contribution in [1.29, 1.82) is 0 Å². The van der Waals surface area contributed by atoms with Gasteiger partial charge >= 0.3 is 5.97 Å². The van der Waals surface area contributed by atoms with Crippen LogP contribution in [0.5, 0.6) is 11.5 Å². The van der Waals surface area contributed by atoms with E-state index in [4.69, 9.17) is 19.2 Å². The summed E-state index contributed by atoms with van der Waals surface area (Å²) in [4.78, 5) is 32.5. The predicted octanol–water partition coefficient (Wildman–Crippen LogP) is 5.06. The molecule has 0 saturated carbocycles. The van der Waals surface area contributed by atoms with E-state index in [-0.39, 0.29) is 12.2 Å². The second kappa shape index (κ2) is 11.5. The van der Waals surface area contributed by atoms with Gasteiger partial charge in [-0.1, -0.05) is 53.3 Å². The lowest BCUT2D eigenvalue weighted by Gasteiger charge is -2.24. The summed E-state index contributed by atoms with van der Waals surface area (Å²) in [6.45, 7) is 10.7. The van der Waals surface area contributed by atoms with Crippen LogP contribution >= 0.6 is 11.3 Å². The molecule has 1 aliphatic rings. The van der Waals surface area contributed by atoms with Crippen LogP contribution < -0.4 is 24.4 Å². The number of aryl methyl sites for hydroxylation is 1. The Morgan fingerprint density at radius 1 is 0.975 bits per heavy atom. The van der Waals surface area contributed by atoms with Crippen LogP contribution in [0.15, 0.2) is 75.7 Å². The standard InChI is InChI=1S/C32H32N2O5S/c1-6-37-23-15-13-21-14-16-26(38-7-2)25(24(21)17-23)18-27-30(35)34-29(22-11-9-19(4)10-12-22)28(31(36)39-8-3)20(5)33-32(34)40-27/h9-18,29H,6-8H2,1-5H3/b27-18+/t29-/m0/s1. The lowest BCUT2D eigenvalue weighted by Crippen LogP contribution is -2.39. The Balaban J connectivity index is 1.77. The highest BCUT2D eigenvalue weighted by Gasteiger charge is 2.33. The van der Waals surface area contributed by atoms with E-state index >= 15 is 0 Å². The molecule has 0 saturated heterocycles. The van der Waals surface area contributed by atoms with Gasteiger partial charge in [0.1, 0.15) is 11.5 Å². The SMILES string of the molecule is CCOC(=O)C1=C(C)N=c2s/c(=C/c3c(OCC)ccc4ccc(OCC)cc34)c(=O)n2[C@H]1c1ccc(C)cc1. The first-order chi connectivity index (χ1) is 19.4. The monoisotopic (exact) mass is 556 g/mol. The summed E-state index contributed by atoms with van der Waals surface area (Å²) in [7, 11) is 0. The maximum Gasteiger partial charge on any atom is 0.338 e. The zero-order valence-electron chi connectivity index (χ0n) is 23.3. The number of aromatic nitrogens is 1. The van der Waals surface area contributed by atoms with Crippen LogP contribution in [0, 0.1) is 6.92 Å². The van der Waals surface area contributed by atoms with E-state index in [0.717, 1.165) is 33.2 Å². The Bertz CT molecular complexity index is 1790. The molecule has 206 valence electrons. The normalized spacial score (nSPS) is 15.1. The zero-order valence-corrected chi connectivity index (χ0v) is 24.1. The lowest BCUT2D eigenvalue weighted by atomic mass is 9.95. The molecule has 0 aliphatic carbocycles. The molecule has 0 N–H and O–H groups in total. The highest BCUT2D eigenvalue weighted by molar-refractivity contribution is 7.07. The van der Waals surface area contributed by atoms with Crippen LogP contribution in [0.2, 0.25) is 0 Å². The predicted molar refractivity (Wildman–Crippen MR) is 158 cm³/mol. The highest BCUT2D eigenvalue weighted by atomic mass is 32.1. The second-order valence-corrected chi connectivity index (χ2v) is 10.4. The molecule has 0 bridgehead atoms. The number of nitrogens with zero attached hydrogens (tertiary/aromatic N) is 2. The number of hydrogen-bond acceptors (Lipinski definition) is 7. The summed E-state index contributed by atoms with van der Waals surface area (Å²) in [5, 5.41) is 1.92. The fourth-order valence-corrected chi connectivity index (χ4v) is 6.00. The molecule has 1 aliphatic heterocycles. The molecule has 0 amide bonds. The molecule has 1 aromatic heterocycles.